The molecule has 1 heterocycles. The Morgan fingerprint density at radius 3 is 2.38 bits per heavy atom. The molecule has 2 amide bonds. The Morgan fingerprint density at radius 1 is 1.19 bits per heavy atom. The first kappa shape index (κ1) is 17.8. The molecule has 0 radical (unpaired) electrons. The summed E-state index contributed by atoms with van der Waals surface area (Å²) in [5.41, 5.74) is 0. The highest BCUT2D eigenvalue weighted by Crippen LogP contribution is 2.09. The summed E-state index contributed by atoms with van der Waals surface area (Å²) in [4.78, 5) is 25.1. The van der Waals surface area contributed by atoms with Crippen LogP contribution >= 0.6 is 0 Å². The van der Waals surface area contributed by atoms with Crippen LogP contribution in [0, 0.1) is 11.8 Å². The molecule has 21 heavy (non-hydrogen) atoms. The minimum atomic E-state index is -0.848. The van der Waals surface area contributed by atoms with Crippen LogP contribution in [0.25, 0.3) is 0 Å². The lowest BCUT2D eigenvalue weighted by molar-refractivity contribution is -0.141. The molecule has 1 fully saturated rings. The molecule has 1 aliphatic rings. The van der Waals surface area contributed by atoms with Gasteiger partial charge in [-0.3, -0.25) is 4.79 Å². The Hall–Kier alpha value is -1.30. The Bertz CT molecular complexity index is 330. The molecule has 0 spiro atoms. The van der Waals surface area contributed by atoms with Crippen molar-refractivity contribution in [2.75, 3.05) is 32.7 Å². The first-order valence-electron chi connectivity index (χ1n) is 7.99. The number of nitrogens with one attached hydrogen (secondary N) is 2. The van der Waals surface area contributed by atoms with Gasteiger partial charge in [-0.15, -0.1) is 0 Å². The first-order chi connectivity index (χ1) is 10.0. The molecule has 1 rings (SSSR count). The van der Waals surface area contributed by atoms with Crippen LogP contribution in [0.5, 0.6) is 0 Å². The number of hydrogen-bond donors (Lipinski definition) is 3. The maximum atomic E-state index is 11.7. The van der Waals surface area contributed by atoms with E-state index in [9.17, 15) is 9.59 Å². The van der Waals surface area contributed by atoms with Gasteiger partial charge in [-0.25, -0.2) is 4.79 Å². The molecule has 0 bridgehead atoms. The van der Waals surface area contributed by atoms with Gasteiger partial charge in [0.05, 0.1) is 5.92 Å². The summed E-state index contributed by atoms with van der Waals surface area (Å²) in [6, 6.07) is -0.273. The number of carbonyl (C=O) groups is 2. The molecule has 2 unspecified atom stereocenters. The van der Waals surface area contributed by atoms with E-state index in [4.69, 9.17) is 5.11 Å². The van der Waals surface area contributed by atoms with Crippen LogP contribution < -0.4 is 10.6 Å². The monoisotopic (exact) mass is 299 g/mol. The fourth-order valence-corrected chi connectivity index (χ4v) is 2.68. The zero-order valence-corrected chi connectivity index (χ0v) is 13.2. The van der Waals surface area contributed by atoms with Crippen molar-refractivity contribution in [1.82, 2.24) is 15.5 Å². The van der Waals surface area contributed by atoms with Crippen molar-refractivity contribution in [2.24, 2.45) is 11.8 Å². The van der Waals surface area contributed by atoms with Crippen LogP contribution in [-0.4, -0.2) is 54.7 Å². The highest BCUT2D eigenvalue weighted by atomic mass is 16.4. The van der Waals surface area contributed by atoms with E-state index in [2.05, 4.69) is 22.5 Å². The number of hydrogen-bond acceptors (Lipinski definition) is 3. The quantitative estimate of drug-likeness (QED) is 0.603. The summed E-state index contributed by atoms with van der Waals surface area (Å²) in [7, 11) is 0. The summed E-state index contributed by atoms with van der Waals surface area (Å²) in [6.45, 7) is 8.20. The highest BCUT2D eigenvalue weighted by Gasteiger charge is 2.18. The first-order valence-corrected chi connectivity index (χ1v) is 7.99. The van der Waals surface area contributed by atoms with Crippen LogP contribution in [0.4, 0.5) is 4.79 Å². The molecular weight excluding hydrogens is 270 g/mol. The van der Waals surface area contributed by atoms with Gasteiger partial charge < -0.3 is 20.6 Å². The van der Waals surface area contributed by atoms with E-state index in [0.717, 1.165) is 26.1 Å². The Balaban J connectivity index is 2.15. The van der Waals surface area contributed by atoms with Crippen LogP contribution in [-0.2, 0) is 4.79 Å². The van der Waals surface area contributed by atoms with Gasteiger partial charge in [0.2, 0.25) is 0 Å². The maximum absolute atomic E-state index is 11.7. The van der Waals surface area contributed by atoms with Crippen molar-refractivity contribution < 1.29 is 14.7 Å². The van der Waals surface area contributed by atoms with E-state index >= 15 is 0 Å². The van der Waals surface area contributed by atoms with Gasteiger partial charge in [0.25, 0.3) is 0 Å². The Morgan fingerprint density at radius 2 is 1.81 bits per heavy atom. The second-order valence-corrected chi connectivity index (χ2v) is 6.03. The molecule has 6 heteroatoms. The average Bonchev–Trinajstić information content (AvgIpc) is 2.93. The van der Waals surface area contributed by atoms with Gasteiger partial charge >= 0.3 is 12.0 Å². The van der Waals surface area contributed by atoms with E-state index in [1.165, 1.54) is 12.8 Å². The van der Waals surface area contributed by atoms with E-state index in [-0.39, 0.29) is 12.6 Å². The number of amides is 2. The predicted octanol–water partition coefficient (Wildman–Crippen LogP) is 1.52. The summed E-state index contributed by atoms with van der Waals surface area (Å²) in [5.74, 6) is -0.943. The van der Waals surface area contributed by atoms with Crippen molar-refractivity contribution in [3.8, 4) is 0 Å². The summed E-state index contributed by atoms with van der Waals surface area (Å²) in [6.07, 6.45) is 3.93. The van der Waals surface area contributed by atoms with E-state index < -0.39 is 11.9 Å². The van der Waals surface area contributed by atoms with Crippen molar-refractivity contribution in [3.63, 3.8) is 0 Å². The molecule has 6 nitrogen and oxygen atoms in total. The zero-order chi connectivity index (χ0) is 15.7. The van der Waals surface area contributed by atoms with Gasteiger partial charge in [-0.2, -0.15) is 0 Å². The molecule has 0 aromatic heterocycles. The summed E-state index contributed by atoms with van der Waals surface area (Å²) in [5, 5.41) is 14.5. The zero-order valence-electron chi connectivity index (χ0n) is 13.2. The average molecular weight is 299 g/mol. The molecule has 0 aliphatic carbocycles. The van der Waals surface area contributed by atoms with Gasteiger partial charge in [0.15, 0.2) is 0 Å². The molecule has 0 aromatic carbocycles. The number of carboxylic acids is 1. The fourth-order valence-electron chi connectivity index (χ4n) is 2.68. The van der Waals surface area contributed by atoms with Crippen molar-refractivity contribution in [3.05, 3.63) is 0 Å². The van der Waals surface area contributed by atoms with Crippen molar-refractivity contribution >= 4 is 12.0 Å². The molecule has 1 aliphatic heterocycles. The number of nitrogens with zero attached hydrogens (tertiary/aromatic N) is 1. The van der Waals surface area contributed by atoms with Crippen LogP contribution in [0.3, 0.4) is 0 Å². The van der Waals surface area contributed by atoms with Crippen molar-refractivity contribution in [2.45, 2.75) is 39.5 Å². The van der Waals surface area contributed by atoms with E-state index in [1.807, 2.05) is 6.92 Å². The largest absolute Gasteiger partial charge is 0.481 e. The Kier molecular flexibility index (Phi) is 8.12. The van der Waals surface area contributed by atoms with Gasteiger partial charge in [-0.1, -0.05) is 20.3 Å². The number of likely N-dealkylation sites (tertiary alicyclic amines) is 1. The smallest absolute Gasteiger partial charge is 0.314 e. The predicted molar refractivity (Wildman–Crippen MR) is 82.3 cm³/mol. The number of urea groups is 1. The standard InChI is InChI=1S/C15H29N3O3/c1-3-6-13(14(19)20)10-17-15(21)16-9-12(2)11-18-7-4-5-8-18/h12-13H,3-11H2,1-2H3,(H,19,20)(H2,16,17,21). The lowest BCUT2D eigenvalue weighted by Crippen LogP contribution is -2.42. The van der Waals surface area contributed by atoms with Crippen LogP contribution in [0.1, 0.15) is 39.5 Å². The highest BCUT2D eigenvalue weighted by molar-refractivity contribution is 5.75. The molecule has 2 atom stereocenters. The lowest BCUT2D eigenvalue weighted by Gasteiger charge is -2.20. The SMILES string of the molecule is CCCC(CNC(=O)NCC(C)CN1CCCC1)C(=O)O. The third-order valence-electron chi connectivity index (χ3n) is 3.88. The van der Waals surface area contributed by atoms with Crippen LogP contribution in [0.15, 0.2) is 0 Å². The molecular formula is C15H29N3O3. The third kappa shape index (κ3) is 7.32. The molecule has 0 aromatic rings. The molecule has 122 valence electrons. The van der Waals surface area contributed by atoms with E-state index in [1.54, 1.807) is 0 Å². The number of aliphatic carboxylic acids is 1. The normalized spacial score (nSPS) is 18.2. The topological polar surface area (TPSA) is 81.7 Å². The van der Waals surface area contributed by atoms with Gasteiger partial charge in [0.1, 0.15) is 0 Å². The summed E-state index contributed by atoms with van der Waals surface area (Å²) < 4.78 is 0. The minimum absolute atomic E-state index is 0.190. The maximum Gasteiger partial charge on any atom is 0.314 e. The van der Waals surface area contributed by atoms with Crippen LogP contribution in [0.2, 0.25) is 0 Å². The molecule has 1 saturated heterocycles. The Labute approximate surface area is 127 Å². The van der Waals surface area contributed by atoms with Gasteiger partial charge in [0, 0.05) is 19.6 Å². The number of rotatable bonds is 9. The molecule has 0 saturated carbocycles. The second kappa shape index (κ2) is 9.60. The van der Waals surface area contributed by atoms with Crippen molar-refractivity contribution in [1.29, 1.82) is 0 Å². The number of carbonyl (C=O) groups excluding carboxylic acids is 1. The van der Waals surface area contributed by atoms with E-state index in [0.29, 0.717) is 18.9 Å². The van der Waals surface area contributed by atoms with Gasteiger partial charge in [-0.05, 0) is 38.3 Å². The molecule has 3 N–H and O–H groups in total. The second-order valence-electron chi connectivity index (χ2n) is 6.03. The third-order valence-corrected chi connectivity index (χ3v) is 3.88. The summed E-state index contributed by atoms with van der Waals surface area (Å²) >= 11 is 0. The minimum Gasteiger partial charge on any atom is -0.481 e. The fraction of sp³-hybridized carbons (Fsp3) is 0.867. The lowest BCUT2D eigenvalue weighted by atomic mass is 10.0. The number of carboxylic acid groups (broad SMARTS) is 1.